The van der Waals surface area contributed by atoms with Gasteiger partial charge in [-0.2, -0.15) is 8.42 Å². The van der Waals surface area contributed by atoms with Crippen molar-refractivity contribution >= 4 is 22.1 Å². The fourth-order valence-corrected chi connectivity index (χ4v) is 3.58. The maximum atomic E-state index is 12.1. The molecular formula is C21H31KO8S. The molecule has 2 atom stereocenters. The van der Waals surface area contributed by atoms with Crippen LogP contribution in [0.5, 0.6) is 5.75 Å². The summed E-state index contributed by atoms with van der Waals surface area (Å²) < 4.78 is 42.5. The van der Waals surface area contributed by atoms with Gasteiger partial charge in [0.15, 0.2) is 5.25 Å². The molecule has 0 fully saturated rings. The zero-order valence-electron chi connectivity index (χ0n) is 18.3. The van der Waals surface area contributed by atoms with Crippen molar-refractivity contribution in [3.05, 3.63) is 30.3 Å². The van der Waals surface area contributed by atoms with E-state index in [1.165, 1.54) is 19.3 Å². The molecule has 2 unspecified atom stereocenters. The molecule has 0 saturated heterocycles. The predicted molar refractivity (Wildman–Crippen MR) is 109 cm³/mol. The summed E-state index contributed by atoms with van der Waals surface area (Å²) in [5.41, 5.74) is 0. The Bertz CT molecular complexity index is 739. The molecule has 0 aliphatic heterocycles. The standard InChI is InChI=1S/C21H32O8S.K/c1-2-3-4-5-6-7-9-14-18(29-17-12-10-8-11-13-17)16-28-21(24)19(15-20(22)23)30(25,26)27;/h8,10-13,18-19H,2-7,9,14-16H2,1H3,(H,22,23)(H,25,26,27);/q;+1/p-1. The van der Waals surface area contributed by atoms with Crippen LogP contribution in [0.1, 0.15) is 64.7 Å². The number of aliphatic carboxylic acids is 1. The molecule has 0 amide bonds. The molecule has 1 N–H and O–H groups in total. The van der Waals surface area contributed by atoms with Gasteiger partial charge in [-0.15, -0.1) is 0 Å². The Morgan fingerprint density at radius 3 is 2.16 bits per heavy atom. The van der Waals surface area contributed by atoms with Crippen LogP contribution < -0.4 is 61.2 Å². The van der Waals surface area contributed by atoms with Crippen LogP contribution in [0.2, 0.25) is 0 Å². The molecule has 0 radical (unpaired) electrons. The maximum Gasteiger partial charge on any atom is 1.00 e. The number of ether oxygens (including phenoxy) is 2. The molecule has 0 saturated carbocycles. The second-order valence-electron chi connectivity index (χ2n) is 7.17. The van der Waals surface area contributed by atoms with Gasteiger partial charge in [0.25, 0.3) is 10.1 Å². The molecule has 170 valence electrons. The monoisotopic (exact) mass is 482 g/mol. The molecule has 0 heterocycles. The van der Waals surface area contributed by atoms with Crippen LogP contribution in [-0.4, -0.2) is 42.9 Å². The smallest absolute Gasteiger partial charge is 0.550 e. The van der Waals surface area contributed by atoms with Crippen molar-refractivity contribution in [1.29, 1.82) is 0 Å². The number of hydrogen-bond donors (Lipinski definition) is 1. The first-order valence-electron chi connectivity index (χ1n) is 10.3. The van der Waals surface area contributed by atoms with Gasteiger partial charge >= 0.3 is 57.4 Å². The number of hydrogen-bond acceptors (Lipinski definition) is 7. The van der Waals surface area contributed by atoms with Gasteiger partial charge in [-0.3, -0.25) is 9.35 Å². The Balaban J connectivity index is 0.00000900. The molecule has 1 aromatic carbocycles. The summed E-state index contributed by atoms with van der Waals surface area (Å²) >= 11 is 0. The maximum absolute atomic E-state index is 12.1. The summed E-state index contributed by atoms with van der Waals surface area (Å²) in [7, 11) is -4.93. The normalized spacial score (nSPS) is 13.0. The average molecular weight is 483 g/mol. The van der Waals surface area contributed by atoms with Crippen LogP contribution >= 0.6 is 0 Å². The summed E-state index contributed by atoms with van der Waals surface area (Å²) in [5.74, 6) is -2.56. The number of carboxylic acids is 1. The summed E-state index contributed by atoms with van der Waals surface area (Å²) in [6.07, 6.45) is 6.54. The molecule has 1 rings (SSSR count). The van der Waals surface area contributed by atoms with Gasteiger partial charge in [-0.25, -0.2) is 0 Å². The van der Waals surface area contributed by atoms with Crippen LogP contribution in [0, 0.1) is 0 Å². The van der Waals surface area contributed by atoms with E-state index >= 15 is 0 Å². The molecule has 0 aromatic heterocycles. The number of benzene rings is 1. The van der Waals surface area contributed by atoms with E-state index in [0.717, 1.165) is 25.7 Å². The number of para-hydroxylation sites is 1. The van der Waals surface area contributed by atoms with E-state index in [9.17, 15) is 23.1 Å². The minimum atomic E-state index is -4.93. The van der Waals surface area contributed by atoms with E-state index in [0.29, 0.717) is 12.2 Å². The van der Waals surface area contributed by atoms with Crippen LogP contribution in [0.3, 0.4) is 0 Å². The minimum Gasteiger partial charge on any atom is -0.550 e. The van der Waals surface area contributed by atoms with Crippen molar-refractivity contribution in [2.75, 3.05) is 6.61 Å². The first kappa shape index (κ1) is 30.5. The molecule has 0 aliphatic rings. The van der Waals surface area contributed by atoms with Gasteiger partial charge in [0.05, 0.1) is 0 Å². The van der Waals surface area contributed by atoms with Crippen LogP contribution in [0.4, 0.5) is 0 Å². The molecule has 31 heavy (non-hydrogen) atoms. The Kier molecular flexibility index (Phi) is 16.8. The Morgan fingerprint density at radius 2 is 1.61 bits per heavy atom. The molecule has 0 aliphatic carbocycles. The summed E-state index contributed by atoms with van der Waals surface area (Å²) in [6.45, 7) is 1.90. The van der Waals surface area contributed by atoms with Crippen molar-refractivity contribution in [3.63, 3.8) is 0 Å². The minimum absolute atomic E-state index is 0. The molecule has 8 nitrogen and oxygen atoms in total. The van der Waals surface area contributed by atoms with E-state index in [-0.39, 0.29) is 58.0 Å². The predicted octanol–water partition coefficient (Wildman–Crippen LogP) is -0.482. The third kappa shape index (κ3) is 14.3. The topological polar surface area (TPSA) is 130 Å². The molecule has 1 aromatic rings. The summed E-state index contributed by atoms with van der Waals surface area (Å²) in [5, 5.41) is 8.47. The molecule has 0 spiro atoms. The third-order valence-corrected chi connectivity index (χ3v) is 5.64. The van der Waals surface area contributed by atoms with E-state index in [1.54, 1.807) is 24.3 Å². The van der Waals surface area contributed by atoms with E-state index < -0.39 is 39.8 Å². The van der Waals surface area contributed by atoms with Crippen molar-refractivity contribution in [2.24, 2.45) is 0 Å². The fraction of sp³-hybridized carbons (Fsp3) is 0.619. The second kappa shape index (κ2) is 17.0. The van der Waals surface area contributed by atoms with Crippen LogP contribution in [0.15, 0.2) is 30.3 Å². The van der Waals surface area contributed by atoms with E-state index in [4.69, 9.17) is 14.0 Å². The number of esters is 1. The fourth-order valence-electron chi connectivity index (χ4n) is 2.93. The Morgan fingerprint density at radius 1 is 1.03 bits per heavy atom. The molecule has 0 bridgehead atoms. The summed E-state index contributed by atoms with van der Waals surface area (Å²) in [6, 6.07) is 8.91. The first-order chi connectivity index (χ1) is 14.2. The first-order valence-corrected chi connectivity index (χ1v) is 11.8. The van der Waals surface area contributed by atoms with Gasteiger partial charge in [0, 0.05) is 12.4 Å². The summed E-state index contributed by atoms with van der Waals surface area (Å²) in [4.78, 5) is 22.7. The van der Waals surface area contributed by atoms with Gasteiger partial charge in [-0.1, -0.05) is 63.6 Å². The Labute approximate surface area is 227 Å². The molecular weight excluding hydrogens is 451 g/mol. The van der Waals surface area contributed by atoms with E-state index in [2.05, 4.69) is 6.92 Å². The zero-order valence-corrected chi connectivity index (χ0v) is 22.3. The van der Waals surface area contributed by atoms with Gasteiger partial charge < -0.3 is 19.4 Å². The Hall–Kier alpha value is -0.494. The van der Waals surface area contributed by atoms with Gasteiger partial charge in [0.2, 0.25) is 0 Å². The average Bonchev–Trinajstić information content (AvgIpc) is 2.69. The number of unbranched alkanes of at least 4 members (excludes halogenated alkanes) is 6. The van der Waals surface area contributed by atoms with Crippen molar-refractivity contribution < 1.29 is 88.5 Å². The van der Waals surface area contributed by atoms with Crippen LogP contribution in [0.25, 0.3) is 0 Å². The number of carbonyl (C=O) groups is 2. The number of carbonyl (C=O) groups excluding carboxylic acids is 2. The van der Waals surface area contributed by atoms with Gasteiger partial charge in [0.1, 0.15) is 18.5 Å². The quantitative estimate of drug-likeness (QED) is 0.145. The van der Waals surface area contributed by atoms with Crippen molar-refractivity contribution in [2.45, 2.75) is 76.1 Å². The van der Waals surface area contributed by atoms with Gasteiger partial charge in [-0.05, 0) is 25.0 Å². The van der Waals surface area contributed by atoms with E-state index in [1.807, 2.05) is 6.07 Å². The molecule has 10 heteroatoms. The van der Waals surface area contributed by atoms with Crippen molar-refractivity contribution in [3.8, 4) is 5.75 Å². The largest absolute Gasteiger partial charge is 1.00 e. The third-order valence-electron chi connectivity index (χ3n) is 4.56. The number of carboxylic acid groups (broad SMARTS) is 1. The SMILES string of the molecule is CCCCCCCCCC(COC(=O)C(CC(=O)[O-])S(=O)(=O)O)Oc1ccccc1.[K+]. The van der Waals surface area contributed by atoms with Crippen LogP contribution in [-0.2, 0) is 24.4 Å². The van der Waals surface area contributed by atoms with Crippen molar-refractivity contribution in [1.82, 2.24) is 0 Å². The zero-order chi connectivity index (χ0) is 22.4. The number of rotatable bonds is 16. The second-order valence-corrected chi connectivity index (χ2v) is 8.77.